The minimum atomic E-state index is -4.51. The number of benzene rings is 1. The molecule has 0 aliphatic rings. The molecule has 0 amide bonds. The lowest BCUT2D eigenvalue weighted by Crippen LogP contribution is -2.18. The number of nitrogens with one attached hydrogen (secondary N) is 1. The van der Waals surface area contributed by atoms with Gasteiger partial charge in [0.05, 0.1) is 23.1 Å². The third-order valence-corrected chi connectivity index (χ3v) is 2.90. The zero-order valence-corrected chi connectivity index (χ0v) is 11.3. The second-order valence-corrected chi connectivity index (χ2v) is 4.51. The number of aromatic nitrogens is 3. The van der Waals surface area contributed by atoms with Gasteiger partial charge in [0.2, 0.25) is 0 Å². The van der Waals surface area contributed by atoms with Gasteiger partial charge in [-0.3, -0.25) is 0 Å². The fourth-order valence-corrected chi connectivity index (χ4v) is 1.92. The van der Waals surface area contributed by atoms with Crippen LogP contribution in [0.15, 0.2) is 24.4 Å². The smallest absolute Gasteiger partial charge is 0.311 e. The summed E-state index contributed by atoms with van der Waals surface area (Å²) in [5.41, 5.74) is -0.389. The van der Waals surface area contributed by atoms with Gasteiger partial charge >= 0.3 is 6.18 Å². The molecule has 1 aromatic carbocycles. The highest BCUT2D eigenvalue weighted by Crippen LogP contribution is 2.35. The Morgan fingerprint density at radius 1 is 1.35 bits per heavy atom. The lowest BCUT2D eigenvalue weighted by molar-refractivity contribution is -0.137. The van der Waals surface area contributed by atoms with Crippen molar-refractivity contribution in [3.8, 4) is 5.69 Å². The van der Waals surface area contributed by atoms with Crippen LogP contribution >= 0.6 is 11.6 Å². The molecule has 1 N–H and O–H groups in total. The standard InChI is InChI=1S/C12H12ClF3N4/c1-2-17-6-9-7-18-19-20(9)11-4-3-8(13)5-10(11)12(14,15)16/h3-5,7,17H,2,6H2,1H3. The molecule has 0 radical (unpaired) electrons. The van der Waals surface area contributed by atoms with Gasteiger partial charge < -0.3 is 5.32 Å². The van der Waals surface area contributed by atoms with E-state index in [9.17, 15) is 13.2 Å². The van der Waals surface area contributed by atoms with E-state index in [1.165, 1.54) is 23.0 Å². The quantitative estimate of drug-likeness (QED) is 0.944. The van der Waals surface area contributed by atoms with Gasteiger partial charge in [-0.15, -0.1) is 5.10 Å². The Balaban J connectivity index is 2.50. The van der Waals surface area contributed by atoms with Crippen LogP contribution in [0.2, 0.25) is 5.02 Å². The van der Waals surface area contributed by atoms with Gasteiger partial charge in [0.1, 0.15) is 0 Å². The molecule has 2 rings (SSSR count). The number of hydrogen-bond acceptors (Lipinski definition) is 3. The van der Waals surface area contributed by atoms with Gasteiger partial charge in [-0.1, -0.05) is 23.7 Å². The van der Waals surface area contributed by atoms with Crippen molar-refractivity contribution in [1.29, 1.82) is 0 Å². The van der Waals surface area contributed by atoms with E-state index in [1.807, 2.05) is 6.92 Å². The first-order chi connectivity index (χ1) is 9.43. The highest BCUT2D eigenvalue weighted by atomic mass is 35.5. The van der Waals surface area contributed by atoms with E-state index in [2.05, 4.69) is 15.6 Å². The lowest BCUT2D eigenvalue weighted by atomic mass is 10.1. The second kappa shape index (κ2) is 5.80. The molecule has 0 spiro atoms. The molecule has 0 saturated heterocycles. The molecule has 4 nitrogen and oxygen atoms in total. The molecule has 8 heteroatoms. The maximum Gasteiger partial charge on any atom is 0.418 e. The summed E-state index contributed by atoms with van der Waals surface area (Å²) in [6.45, 7) is 2.97. The van der Waals surface area contributed by atoms with Crippen LogP contribution in [0, 0.1) is 0 Å². The minimum absolute atomic E-state index is 0.0226. The fraction of sp³-hybridized carbons (Fsp3) is 0.333. The number of rotatable bonds is 4. The Bertz CT molecular complexity index is 595. The zero-order chi connectivity index (χ0) is 14.8. The van der Waals surface area contributed by atoms with Crippen LogP contribution < -0.4 is 5.32 Å². The third-order valence-electron chi connectivity index (χ3n) is 2.67. The van der Waals surface area contributed by atoms with E-state index in [-0.39, 0.29) is 10.7 Å². The van der Waals surface area contributed by atoms with Crippen molar-refractivity contribution in [3.05, 3.63) is 40.7 Å². The Labute approximate surface area is 118 Å². The van der Waals surface area contributed by atoms with Crippen LogP contribution in [0.4, 0.5) is 13.2 Å². The molecule has 20 heavy (non-hydrogen) atoms. The third kappa shape index (κ3) is 3.10. The maximum absolute atomic E-state index is 13.1. The Morgan fingerprint density at radius 3 is 2.75 bits per heavy atom. The second-order valence-electron chi connectivity index (χ2n) is 4.08. The van der Waals surface area contributed by atoms with Crippen LogP contribution in [0.25, 0.3) is 5.69 Å². The average molecular weight is 305 g/mol. The van der Waals surface area contributed by atoms with Crippen LogP contribution in [0.3, 0.4) is 0 Å². The molecule has 0 aliphatic heterocycles. The Hall–Kier alpha value is -1.60. The SMILES string of the molecule is CCNCc1cnnn1-c1ccc(Cl)cc1C(F)(F)F. The molecular weight excluding hydrogens is 293 g/mol. The van der Waals surface area contributed by atoms with Crippen molar-refractivity contribution >= 4 is 11.6 Å². The summed E-state index contributed by atoms with van der Waals surface area (Å²) in [6.07, 6.45) is -3.08. The summed E-state index contributed by atoms with van der Waals surface area (Å²) in [6, 6.07) is 3.57. The van der Waals surface area contributed by atoms with E-state index in [1.54, 1.807) is 0 Å². The highest BCUT2D eigenvalue weighted by Gasteiger charge is 2.35. The summed E-state index contributed by atoms with van der Waals surface area (Å²) < 4.78 is 40.4. The first kappa shape index (κ1) is 14.8. The van der Waals surface area contributed by atoms with Crippen LogP contribution in [-0.2, 0) is 12.7 Å². The molecule has 108 valence electrons. The Kier molecular flexibility index (Phi) is 4.29. The van der Waals surface area contributed by atoms with E-state index >= 15 is 0 Å². The molecule has 0 fully saturated rings. The van der Waals surface area contributed by atoms with Gasteiger partial charge in [0.25, 0.3) is 0 Å². The van der Waals surface area contributed by atoms with Gasteiger partial charge in [-0.25, -0.2) is 4.68 Å². The van der Waals surface area contributed by atoms with E-state index in [0.717, 1.165) is 6.07 Å². The molecule has 0 unspecified atom stereocenters. The maximum atomic E-state index is 13.1. The molecule has 2 aromatic rings. The minimum Gasteiger partial charge on any atom is -0.311 e. The van der Waals surface area contributed by atoms with Crippen molar-refractivity contribution in [2.45, 2.75) is 19.6 Å². The lowest BCUT2D eigenvalue weighted by Gasteiger charge is -2.14. The highest BCUT2D eigenvalue weighted by molar-refractivity contribution is 6.30. The van der Waals surface area contributed by atoms with Crippen molar-refractivity contribution in [3.63, 3.8) is 0 Å². The van der Waals surface area contributed by atoms with Crippen LogP contribution in [0.5, 0.6) is 0 Å². The first-order valence-electron chi connectivity index (χ1n) is 5.91. The molecule has 0 saturated carbocycles. The fourth-order valence-electron chi connectivity index (χ4n) is 1.75. The van der Waals surface area contributed by atoms with E-state index in [4.69, 9.17) is 11.6 Å². The number of halogens is 4. The molecule has 1 aromatic heterocycles. The predicted molar refractivity (Wildman–Crippen MR) is 68.8 cm³/mol. The summed E-state index contributed by atoms with van der Waals surface area (Å²) in [4.78, 5) is 0. The summed E-state index contributed by atoms with van der Waals surface area (Å²) in [5, 5.41) is 10.4. The number of alkyl halides is 3. The van der Waals surface area contributed by atoms with Gasteiger partial charge in [-0.2, -0.15) is 13.2 Å². The summed E-state index contributed by atoms with van der Waals surface area (Å²) in [7, 11) is 0. The monoisotopic (exact) mass is 304 g/mol. The van der Waals surface area contributed by atoms with Crippen molar-refractivity contribution in [2.24, 2.45) is 0 Å². The summed E-state index contributed by atoms with van der Waals surface area (Å²) >= 11 is 5.65. The predicted octanol–water partition coefficient (Wildman–Crippen LogP) is 3.05. The summed E-state index contributed by atoms with van der Waals surface area (Å²) in [5.74, 6) is 0. The van der Waals surface area contributed by atoms with Gasteiger partial charge in [-0.05, 0) is 24.7 Å². The van der Waals surface area contributed by atoms with Gasteiger partial charge in [0.15, 0.2) is 0 Å². The zero-order valence-electron chi connectivity index (χ0n) is 10.6. The Morgan fingerprint density at radius 2 is 2.10 bits per heavy atom. The number of hydrogen-bond donors (Lipinski definition) is 1. The van der Waals surface area contributed by atoms with E-state index < -0.39 is 11.7 Å². The molecule has 0 aliphatic carbocycles. The molecule has 0 atom stereocenters. The molecular formula is C12H12ClF3N4. The topological polar surface area (TPSA) is 42.7 Å². The van der Waals surface area contributed by atoms with Crippen molar-refractivity contribution in [1.82, 2.24) is 20.3 Å². The van der Waals surface area contributed by atoms with Crippen molar-refractivity contribution < 1.29 is 13.2 Å². The largest absolute Gasteiger partial charge is 0.418 e. The van der Waals surface area contributed by atoms with Crippen molar-refractivity contribution in [2.75, 3.05) is 6.54 Å². The van der Waals surface area contributed by atoms with Gasteiger partial charge in [0, 0.05) is 11.6 Å². The van der Waals surface area contributed by atoms with Crippen LogP contribution in [0.1, 0.15) is 18.2 Å². The van der Waals surface area contributed by atoms with E-state index in [0.29, 0.717) is 18.8 Å². The normalized spacial score (nSPS) is 11.8. The molecule has 1 heterocycles. The number of nitrogens with zero attached hydrogens (tertiary/aromatic N) is 3. The first-order valence-corrected chi connectivity index (χ1v) is 6.28. The average Bonchev–Trinajstić information content (AvgIpc) is 2.83. The molecule has 0 bridgehead atoms. The van der Waals surface area contributed by atoms with Crippen LogP contribution in [-0.4, -0.2) is 21.5 Å².